The summed E-state index contributed by atoms with van der Waals surface area (Å²) in [5.74, 6) is -1.40. The largest absolute Gasteiger partial charge is 0.481 e. The number of carbonyl (C=O) groups is 2. The number of ether oxygens (including phenoxy) is 2. The number of amides is 2. The monoisotopic (exact) mass is 272 g/mol. The summed E-state index contributed by atoms with van der Waals surface area (Å²) in [5.41, 5.74) is 0. The van der Waals surface area contributed by atoms with Crippen molar-refractivity contribution >= 4 is 12.0 Å². The van der Waals surface area contributed by atoms with E-state index in [2.05, 4.69) is 10.6 Å². The predicted molar refractivity (Wildman–Crippen MR) is 67.9 cm³/mol. The number of nitrogens with one attached hydrogen (secondary N) is 2. The first-order valence-corrected chi connectivity index (χ1v) is 6.04. The van der Waals surface area contributed by atoms with Crippen molar-refractivity contribution in [3.8, 4) is 0 Å². The normalized spacial score (nSPS) is 23.1. The first kappa shape index (κ1) is 15.5. The van der Waals surface area contributed by atoms with Crippen molar-refractivity contribution in [3.63, 3.8) is 0 Å². The van der Waals surface area contributed by atoms with Crippen LogP contribution in [0.5, 0.6) is 0 Å². The number of hydrogen-bond donors (Lipinski definition) is 3. The van der Waals surface area contributed by atoms with Gasteiger partial charge in [-0.2, -0.15) is 0 Å². The van der Waals surface area contributed by atoms with Crippen molar-refractivity contribution in [3.05, 3.63) is 12.2 Å². The highest BCUT2D eigenvalue weighted by Gasteiger charge is 2.25. The smallest absolute Gasteiger partial charge is 0.315 e. The van der Waals surface area contributed by atoms with E-state index >= 15 is 0 Å². The molecule has 0 aromatic heterocycles. The van der Waals surface area contributed by atoms with Gasteiger partial charge in [0.1, 0.15) is 0 Å². The van der Waals surface area contributed by atoms with Gasteiger partial charge in [-0.05, 0) is 6.42 Å². The van der Waals surface area contributed by atoms with Crippen molar-refractivity contribution in [1.29, 1.82) is 0 Å². The van der Waals surface area contributed by atoms with Crippen LogP contribution in [0.15, 0.2) is 12.2 Å². The molecule has 0 fully saturated rings. The summed E-state index contributed by atoms with van der Waals surface area (Å²) in [4.78, 5) is 22.3. The number of rotatable bonds is 7. The molecular weight excluding hydrogens is 252 g/mol. The van der Waals surface area contributed by atoms with Gasteiger partial charge in [-0.1, -0.05) is 12.2 Å². The fourth-order valence-corrected chi connectivity index (χ4v) is 1.81. The van der Waals surface area contributed by atoms with Crippen LogP contribution in [-0.4, -0.2) is 56.6 Å². The van der Waals surface area contributed by atoms with Crippen LogP contribution in [0.4, 0.5) is 4.79 Å². The van der Waals surface area contributed by atoms with E-state index in [0.29, 0.717) is 19.6 Å². The number of urea groups is 1. The number of carbonyl (C=O) groups excluding carboxylic acids is 1. The van der Waals surface area contributed by atoms with Crippen LogP contribution in [0.25, 0.3) is 0 Å². The highest BCUT2D eigenvalue weighted by Crippen LogP contribution is 2.17. The molecule has 3 atom stereocenters. The zero-order valence-electron chi connectivity index (χ0n) is 11.1. The minimum atomic E-state index is -0.875. The van der Waals surface area contributed by atoms with Gasteiger partial charge in [0, 0.05) is 20.8 Å². The molecule has 1 aliphatic carbocycles. The summed E-state index contributed by atoms with van der Waals surface area (Å²) in [6, 6.07) is -0.594. The van der Waals surface area contributed by atoms with Crippen LogP contribution in [0.3, 0.4) is 0 Å². The fourth-order valence-electron chi connectivity index (χ4n) is 1.81. The van der Waals surface area contributed by atoms with Crippen LogP contribution in [0.2, 0.25) is 0 Å². The fraction of sp³-hybridized carbons (Fsp3) is 0.667. The average Bonchev–Trinajstić information content (AvgIpc) is 2.83. The second-order valence-electron chi connectivity index (χ2n) is 4.34. The highest BCUT2D eigenvalue weighted by atomic mass is 16.5. The molecule has 0 aliphatic heterocycles. The molecule has 0 bridgehead atoms. The van der Waals surface area contributed by atoms with Gasteiger partial charge >= 0.3 is 12.0 Å². The lowest BCUT2D eigenvalue weighted by atomic mass is 10.1. The molecule has 1 aliphatic rings. The predicted octanol–water partition coefficient (Wildman–Crippen LogP) is -0.0237. The number of hydrogen-bond acceptors (Lipinski definition) is 4. The summed E-state index contributed by atoms with van der Waals surface area (Å²) in [6.45, 7) is 0.718. The number of carboxylic acids is 1. The lowest BCUT2D eigenvalue weighted by molar-refractivity contribution is -0.140. The second kappa shape index (κ2) is 7.75. The molecule has 0 aromatic rings. The Hall–Kier alpha value is -1.60. The van der Waals surface area contributed by atoms with Gasteiger partial charge in [0.25, 0.3) is 0 Å². The molecule has 0 saturated heterocycles. The molecule has 0 radical (unpaired) electrons. The van der Waals surface area contributed by atoms with E-state index in [0.717, 1.165) is 0 Å². The van der Waals surface area contributed by atoms with E-state index in [9.17, 15) is 9.59 Å². The third-order valence-electron chi connectivity index (χ3n) is 2.89. The standard InChI is InChI=1S/C12H20N2O5/c1-18-7-10(19-2)6-13-12(17)14-9-4-3-8(5-9)11(15)16/h3-4,8-10H,5-7H2,1-2H3,(H,15,16)(H2,13,14,17). The maximum Gasteiger partial charge on any atom is 0.315 e. The Bertz CT molecular complexity index is 345. The van der Waals surface area contributed by atoms with E-state index in [1.807, 2.05) is 0 Å². The summed E-state index contributed by atoms with van der Waals surface area (Å²) >= 11 is 0. The maximum absolute atomic E-state index is 11.6. The molecule has 1 rings (SSSR count). The summed E-state index contributed by atoms with van der Waals surface area (Å²) in [7, 11) is 3.10. The Morgan fingerprint density at radius 3 is 2.68 bits per heavy atom. The van der Waals surface area contributed by atoms with Crippen molar-refractivity contribution in [2.45, 2.75) is 18.6 Å². The van der Waals surface area contributed by atoms with Crippen LogP contribution in [0.1, 0.15) is 6.42 Å². The molecule has 0 spiro atoms. The first-order valence-electron chi connectivity index (χ1n) is 6.04. The van der Waals surface area contributed by atoms with Crippen LogP contribution in [0, 0.1) is 5.92 Å². The summed E-state index contributed by atoms with van der Waals surface area (Å²) in [6.07, 6.45) is 3.47. The van der Waals surface area contributed by atoms with Gasteiger partial charge in [0.2, 0.25) is 0 Å². The Morgan fingerprint density at radius 1 is 1.42 bits per heavy atom. The van der Waals surface area contributed by atoms with Crippen LogP contribution in [-0.2, 0) is 14.3 Å². The Labute approximate surface area is 112 Å². The third-order valence-corrected chi connectivity index (χ3v) is 2.89. The van der Waals surface area contributed by atoms with Gasteiger partial charge in [-0.3, -0.25) is 4.79 Å². The van der Waals surface area contributed by atoms with Crippen molar-refractivity contribution < 1.29 is 24.2 Å². The number of aliphatic carboxylic acids is 1. The molecule has 0 heterocycles. The molecule has 108 valence electrons. The molecule has 0 aromatic carbocycles. The van der Waals surface area contributed by atoms with Crippen molar-refractivity contribution in [2.75, 3.05) is 27.4 Å². The molecule has 19 heavy (non-hydrogen) atoms. The van der Waals surface area contributed by atoms with Gasteiger partial charge in [-0.25, -0.2) is 4.79 Å². The molecule has 2 amide bonds. The van der Waals surface area contributed by atoms with Gasteiger partial charge < -0.3 is 25.2 Å². The van der Waals surface area contributed by atoms with Crippen molar-refractivity contribution in [1.82, 2.24) is 10.6 Å². The summed E-state index contributed by atoms with van der Waals surface area (Å²) < 4.78 is 10.0. The average molecular weight is 272 g/mol. The first-order chi connectivity index (χ1) is 9.06. The van der Waals surface area contributed by atoms with Gasteiger partial charge in [-0.15, -0.1) is 0 Å². The number of carboxylic acid groups (broad SMARTS) is 1. The topological polar surface area (TPSA) is 96.9 Å². The lowest BCUT2D eigenvalue weighted by Crippen LogP contribution is -2.44. The zero-order valence-corrected chi connectivity index (χ0v) is 11.1. The minimum absolute atomic E-state index is 0.207. The van der Waals surface area contributed by atoms with E-state index in [1.165, 1.54) is 0 Å². The molecule has 7 nitrogen and oxygen atoms in total. The molecule has 3 unspecified atom stereocenters. The SMILES string of the molecule is COCC(CNC(=O)NC1C=CC(C(=O)O)C1)OC. The molecule has 0 saturated carbocycles. The molecule has 7 heteroatoms. The quantitative estimate of drug-likeness (QED) is 0.566. The maximum atomic E-state index is 11.6. The zero-order chi connectivity index (χ0) is 14.3. The second-order valence-corrected chi connectivity index (χ2v) is 4.34. The number of methoxy groups -OCH3 is 2. The van der Waals surface area contributed by atoms with E-state index in [4.69, 9.17) is 14.6 Å². The van der Waals surface area contributed by atoms with E-state index in [-0.39, 0.29) is 18.2 Å². The third kappa shape index (κ3) is 5.27. The lowest BCUT2D eigenvalue weighted by Gasteiger charge is -2.17. The Kier molecular flexibility index (Phi) is 6.31. The molecular formula is C12H20N2O5. The molecule has 3 N–H and O–H groups in total. The Morgan fingerprint density at radius 2 is 2.16 bits per heavy atom. The van der Waals surface area contributed by atoms with Gasteiger partial charge in [0.15, 0.2) is 0 Å². The minimum Gasteiger partial charge on any atom is -0.481 e. The van der Waals surface area contributed by atoms with Crippen LogP contribution >= 0.6 is 0 Å². The van der Waals surface area contributed by atoms with E-state index in [1.54, 1.807) is 26.4 Å². The van der Waals surface area contributed by atoms with Gasteiger partial charge in [0.05, 0.1) is 24.7 Å². The van der Waals surface area contributed by atoms with Crippen molar-refractivity contribution in [2.24, 2.45) is 5.92 Å². The highest BCUT2D eigenvalue weighted by molar-refractivity contribution is 5.76. The summed E-state index contributed by atoms with van der Waals surface area (Å²) in [5, 5.41) is 14.2. The Balaban J connectivity index is 2.25. The van der Waals surface area contributed by atoms with E-state index < -0.39 is 11.9 Å². The van der Waals surface area contributed by atoms with Crippen LogP contribution < -0.4 is 10.6 Å².